The molecule has 3 rings (SSSR count). The van der Waals surface area contributed by atoms with Crippen molar-refractivity contribution < 1.29 is 9.53 Å². The van der Waals surface area contributed by atoms with E-state index < -0.39 is 0 Å². The van der Waals surface area contributed by atoms with Gasteiger partial charge in [-0.2, -0.15) is 0 Å². The van der Waals surface area contributed by atoms with Gasteiger partial charge in [-0.3, -0.25) is 4.79 Å². The lowest BCUT2D eigenvalue weighted by Crippen LogP contribution is -2.48. The predicted molar refractivity (Wildman–Crippen MR) is 69.2 cm³/mol. The molecule has 0 aromatic rings. The van der Waals surface area contributed by atoms with E-state index in [0.717, 1.165) is 31.4 Å². The van der Waals surface area contributed by atoms with E-state index in [-0.39, 0.29) is 5.91 Å². The van der Waals surface area contributed by atoms with Gasteiger partial charge >= 0.3 is 0 Å². The minimum Gasteiger partial charge on any atom is -0.378 e. The number of ether oxygens (including phenoxy) is 1. The molecular formula is C14H24N2O2. The molecule has 1 saturated heterocycles. The summed E-state index contributed by atoms with van der Waals surface area (Å²) in [7, 11) is 0. The van der Waals surface area contributed by atoms with Crippen molar-refractivity contribution in [3.05, 3.63) is 0 Å². The SMILES string of the molecule is O=C(CC1CC2CCC1C2)NCC1COCCN1. The molecule has 2 aliphatic carbocycles. The molecular weight excluding hydrogens is 228 g/mol. The van der Waals surface area contributed by atoms with Gasteiger partial charge < -0.3 is 15.4 Å². The Bertz CT molecular complexity index is 302. The van der Waals surface area contributed by atoms with Crippen LogP contribution in [0.3, 0.4) is 0 Å². The maximum atomic E-state index is 11.9. The van der Waals surface area contributed by atoms with Crippen LogP contribution < -0.4 is 10.6 Å². The van der Waals surface area contributed by atoms with E-state index in [1.165, 1.54) is 25.7 Å². The van der Waals surface area contributed by atoms with Gasteiger partial charge in [-0.05, 0) is 37.0 Å². The summed E-state index contributed by atoms with van der Waals surface area (Å²) in [5, 5.41) is 6.41. The van der Waals surface area contributed by atoms with Gasteiger partial charge in [0.15, 0.2) is 0 Å². The quantitative estimate of drug-likeness (QED) is 0.782. The van der Waals surface area contributed by atoms with Gasteiger partial charge in [0, 0.05) is 25.6 Å². The summed E-state index contributed by atoms with van der Waals surface area (Å²) in [5.74, 6) is 2.68. The Hall–Kier alpha value is -0.610. The molecule has 1 aliphatic heterocycles. The number of carbonyl (C=O) groups excluding carboxylic acids is 1. The van der Waals surface area contributed by atoms with E-state index in [4.69, 9.17) is 4.74 Å². The zero-order valence-electron chi connectivity index (χ0n) is 11.0. The molecule has 0 aromatic carbocycles. The molecule has 4 unspecified atom stereocenters. The first-order chi connectivity index (χ1) is 8.81. The molecule has 0 aromatic heterocycles. The number of amides is 1. The Balaban J connectivity index is 1.36. The normalized spacial score (nSPS) is 38.9. The largest absolute Gasteiger partial charge is 0.378 e. The summed E-state index contributed by atoms with van der Waals surface area (Å²) in [4.78, 5) is 11.9. The van der Waals surface area contributed by atoms with E-state index in [9.17, 15) is 4.79 Å². The van der Waals surface area contributed by atoms with Crippen molar-refractivity contribution in [3.8, 4) is 0 Å². The van der Waals surface area contributed by atoms with Gasteiger partial charge in [0.2, 0.25) is 5.91 Å². The first kappa shape index (κ1) is 12.4. The zero-order chi connectivity index (χ0) is 12.4. The van der Waals surface area contributed by atoms with Crippen LogP contribution in [-0.2, 0) is 9.53 Å². The average molecular weight is 252 g/mol. The van der Waals surface area contributed by atoms with Crippen LogP contribution in [-0.4, -0.2) is 38.3 Å². The van der Waals surface area contributed by atoms with Crippen LogP contribution in [0.5, 0.6) is 0 Å². The molecule has 2 saturated carbocycles. The highest BCUT2D eigenvalue weighted by molar-refractivity contribution is 5.76. The van der Waals surface area contributed by atoms with E-state index in [2.05, 4.69) is 10.6 Å². The number of hydrogen-bond donors (Lipinski definition) is 2. The second kappa shape index (κ2) is 5.57. The van der Waals surface area contributed by atoms with Crippen LogP contribution in [0.15, 0.2) is 0 Å². The monoisotopic (exact) mass is 252 g/mol. The maximum absolute atomic E-state index is 11.9. The van der Waals surface area contributed by atoms with E-state index in [0.29, 0.717) is 25.1 Å². The van der Waals surface area contributed by atoms with Crippen LogP contribution >= 0.6 is 0 Å². The molecule has 18 heavy (non-hydrogen) atoms. The van der Waals surface area contributed by atoms with E-state index in [1.54, 1.807) is 0 Å². The van der Waals surface area contributed by atoms with Gasteiger partial charge in [0.05, 0.1) is 13.2 Å². The first-order valence-electron chi connectivity index (χ1n) is 7.39. The smallest absolute Gasteiger partial charge is 0.220 e. The topological polar surface area (TPSA) is 50.4 Å². The number of rotatable bonds is 4. The molecule has 4 nitrogen and oxygen atoms in total. The summed E-state index contributed by atoms with van der Waals surface area (Å²) in [6.07, 6.45) is 6.19. The number of carbonyl (C=O) groups is 1. The first-order valence-corrected chi connectivity index (χ1v) is 7.39. The lowest BCUT2D eigenvalue weighted by molar-refractivity contribution is -0.122. The molecule has 4 atom stereocenters. The highest BCUT2D eigenvalue weighted by atomic mass is 16.5. The van der Waals surface area contributed by atoms with Crippen LogP contribution in [0.2, 0.25) is 0 Å². The van der Waals surface area contributed by atoms with Gasteiger partial charge in [0.25, 0.3) is 0 Å². The second-order valence-electron chi connectivity index (χ2n) is 6.17. The molecule has 1 heterocycles. The third-order valence-corrected chi connectivity index (χ3v) is 4.88. The minimum absolute atomic E-state index is 0.236. The summed E-state index contributed by atoms with van der Waals surface area (Å²) >= 11 is 0. The molecule has 3 fully saturated rings. The lowest BCUT2D eigenvalue weighted by atomic mass is 9.86. The standard InChI is InChI=1S/C14H24N2O2/c17-14(16-8-13-9-18-4-3-15-13)7-12-6-10-1-2-11(12)5-10/h10-13,15H,1-9H2,(H,16,17). The number of fused-ring (bicyclic) bond motifs is 2. The van der Waals surface area contributed by atoms with E-state index >= 15 is 0 Å². The van der Waals surface area contributed by atoms with Crippen molar-refractivity contribution >= 4 is 5.91 Å². The van der Waals surface area contributed by atoms with Crippen LogP contribution in [0.4, 0.5) is 0 Å². The third kappa shape index (κ3) is 2.86. The Morgan fingerprint density at radius 1 is 1.33 bits per heavy atom. The van der Waals surface area contributed by atoms with Crippen molar-refractivity contribution in [3.63, 3.8) is 0 Å². The Kier molecular flexibility index (Phi) is 3.85. The van der Waals surface area contributed by atoms with Crippen molar-refractivity contribution in [2.45, 2.75) is 38.1 Å². The summed E-state index contributed by atoms with van der Waals surface area (Å²) < 4.78 is 5.37. The average Bonchev–Trinajstić information content (AvgIpc) is 3.00. The van der Waals surface area contributed by atoms with E-state index in [1.807, 2.05) is 0 Å². The van der Waals surface area contributed by atoms with Crippen LogP contribution in [0.1, 0.15) is 32.1 Å². The minimum atomic E-state index is 0.236. The number of hydrogen-bond acceptors (Lipinski definition) is 3. The molecule has 3 aliphatic rings. The Labute approximate surface area is 109 Å². The molecule has 0 spiro atoms. The number of morpholine rings is 1. The fourth-order valence-corrected chi connectivity index (χ4v) is 3.92. The molecule has 102 valence electrons. The molecule has 2 bridgehead atoms. The Morgan fingerprint density at radius 3 is 2.94 bits per heavy atom. The molecule has 2 N–H and O–H groups in total. The van der Waals surface area contributed by atoms with Crippen molar-refractivity contribution in [2.24, 2.45) is 17.8 Å². The zero-order valence-corrected chi connectivity index (χ0v) is 11.0. The highest BCUT2D eigenvalue weighted by Crippen LogP contribution is 2.49. The van der Waals surface area contributed by atoms with Gasteiger partial charge in [0.1, 0.15) is 0 Å². The van der Waals surface area contributed by atoms with Gasteiger partial charge in [-0.25, -0.2) is 0 Å². The fraction of sp³-hybridized carbons (Fsp3) is 0.929. The fourth-order valence-electron chi connectivity index (χ4n) is 3.92. The van der Waals surface area contributed by atoms with Crippen molar-refractivity contribution in [2.75, 3.05) is 26.3 Å². The van der Waals surface area contributed by atoms with Crippen LogP contribution in [0.25, 0.3) is 0 Å². The number of nitrogens with one attached hydrogen (secondary N) is 2. The summed E-state index contributed by atoms with van der Waals surface area (Å²) in [6.45, 7) is 3.11. The van der Waals surface area contributed by atoms with Gasteiger partial charge in [-0.1, -0.05) is 6.42 Å². The third-order valence-electron chi connectivity index (χ3n) is 4.88. The highest BCUT2D eigenvalue weighted by Gasteiger charge is 2.40. The maximum Gasteiger partial charge on any atom is 0.220 e. The van der Waals surface area contributed by atoms with Gasteiger partial charge in [-0.15, -0.1) is 0 Å². The molecule has 1 amide bonds. The van der Waals surface area contributed by atoms with Crippen molar-refractivity contribution in [1.82, 2.24) is 10.6 Å². The molecule has 0 radical (unpaired) electrons. The summed E-state index contributed by atoms with van der Waals surface area (Å²) in [6, 6.07) is 0.294. The molecule has 4 heteroatoms. The lowest BCUT2D eigenvalue weighted by Gasteiger charge is -2.25. The Morgan fingerprint density at radius 2 is 2.28 bits per heavy atom. The van der Waals surface area contributed by atoms with Crippen molar-refractivity contribution in [1.29, 1.82) is 0 Å². The second-order valence-corrected chi connectivity index (χ2v) is 6.17. The van der Waals surface area contributed by atoms with Crippen LogP contribution in [0, 0.1) is 17.8 Å². The predicted octanol–water partition coefficient (Wildman–Crippen LogP) is 0.917. The summed E-state index contributed by atoms with van der Waals surface area (Å²) in [5.41, 5.74) is 0.